The molecular weight excluding hydrogens is 340 g/mol. The van der Waals surface area contributed by atoms with Crippen LogP contribution in [0.5, 0.6) is 0 Å². The van der Waals surface area contributed by atoms with E-state index in [4.69, 9.17) is 4.74 Å². The molecule has 0 aromatic rings. The lowest BCUT2D eigenvalue weighted by Crippen LogP contribution is -2.06. The Kier molecular flexibility index (Phi) is 22.2. The molecule has 26 heavy (non-hydrogen) atoms. The monoisotopic (exact) mass is 384 g/mol. The van der Waals surface area contributed by atoms with Crippen molar-refractivity contribution in [2.45, 2.75) is 116 Å². The minimum absolute atomic E-state index is 0.0639. The number of hydrogen-bond donors (Lipinski definition) is 1. The van der Waals surface area contributed by atoms with Gasteiger partial charge >= 0.3 is 5.97 Å². The van der Waals surface area contributed by atoms with Crippen LogP contribution in [0.25, 0.3) is 0 Å². The molecule has 0 aliphatic carbocycles. The van der Waals surface area contributed by atoms with Gasteiger partial charge in [0.05, 0.1) is 0 Å². The van der Waals surface area contributed by atoms with E-state index >= 15 is 0 Å². The Morgan fingerprint density at radius 1 is 0.731 bits per heavy atom. The molecule has 0 atom stereocenters. The molecule has 0 aromatic heterocycles. The van der Waals surface area contributed by atoms with E-state index in [0.29, 0.717) is 18.8 Å². The van der Waals surface area contributed by atoms with Gasteiger partial charge in [-0.2, -0.15) is 12.6 Å². The molecule has 0 N–H and O–H groups in total. The van der Waals surface area contributed by atoms with Gasteiger partial charge in [-0.15, -0.1) is 0 Å². The van der Waals surface area contributed by atoms with E-state index in [1.807, 2.05) is 0 Å². The first-order valence-corrected chi connectivity index (χ1v) is 11.9. The van der Waals surface area contributed by atoms with Crippen LogP contribution >= 0.6 is 12.6 Å². The average molecular weight is 385 g/mol. The van der Waals surface area contributed by atoms with E-state index in [9.17, 15) is 4.79 Å². The van der Waals surface area contributed by atoms with Crippen molar-refractivity contribution in [3.8, 4) is 0 Å². The summed E-state index contributed by atoms with van der Waals surface area (Å²) in [5, 5.41) is 0. The van der Waals surface area contributed by atoms with Crippen molar-refractivity contribution in [3.63, 3.8) is 0 Å². The Morgan fingerprint density at radius 2 is 1.19 bits per heavy atom. The van der Waals surface area contributed by atoms with Crippen molar-refractivity contribution in [3.05, 3.63) is 12.2 Å². The quantitative estimate of drug-likeness (QED) is 0.101. The highest BCUT2D eigenvalue weighted by Gasteiger charge is 2.01. The van der Waals surface area contributed by atoms with Gasteiger partial charge in [-0.1, -0.05) is 89.7 Å². The van der Waals surface area contributed by atoms with Gasteiger partial charge < -0.3 is 4.74 Å². The molecule has 0 aliphatic rings. The Labute approximate surface area is 169 Å². The number of carbonyl (C=O) groups excluding carboxylic acids is 1. The molecule has 2 nitrogen and oxygen atoms in total. The summed E-state index contributed by atoms with van der Waals surface area (Å²) in [6.07, 6.45) is 26.3. The molecule has 0 saturated carbocycles. The van der Waals surface area contributed by atoms with Crippen LogP contribution in [-0.2, 0) is 9.53 Å². The van der Waals surface area contributed by atoms with Crippen molar-refractivity contribution in [1.29, 1.82) is 0 Å². The van der Waals surface area contributed by atoms with Crippen molar-refractivity contribution in [2.75, 3.05) is 12.4 Å². The molecule has 0 heterocycles. The molecular formula is C23H44O2S. The topological polar surface area (TPSA) is 26.3 Å². The lowest BCUT2D eigenvalue weighted by Gasteiger charge is -2.04. The zero-order valence-electron chi connectivity index (χ0n) is 17.4. The highest BCUT2D eigenvalue weighted by Crippen LogP contribution is 2.13. The maximum absolute atomic E-state index is 11.3. The lowest BCUT2D eigenvalue weighted by molar-refractivity contribution is -0.143. The number of unbranched alkanes of at least 4 members (excludes halogenated alkanes) is 14. The van der Waals surface area contributed by atoms with Gasteiger partial charge in [-0.3, -0.25) is 4.79 Å². The predicted molar refractivity (Wildman–Crippen MR) is 118 cm³/mol. The third-order valence-corrected chi connectivity index (χ3v) is 4.93. The van der Waals surface area contributed by atoms with Gasteiger partial charge in [-0.25, -0.2) is 0 Å². The smallest absolute Gasteiger partial charge is 0.305 e. The maximum atomic E-state index is 11.3. The third kappa shape index (κ3) is 21.6. The fourth-order valence-electron chi connectivity index (χ4n) is 3.10. The Bertz CT molecular complexity index is 315. The summed E-state index contributed by atoms with van der Waals surface area (Å²) >= 11 is 4.03. The van der Waals surface area contributed by atoms with Gasteiger partial charge in [0.1, 0.15) is 6.61 Å². The minimum Gasteiger partial charge on any atom is -0.465 e. The number of carbonyl (C=O) groups is 1. The largest absolute Gasteiger partial charge is 0.465 e. The number of rotatable bonds is 20. The Morgan fingerprint density at radius 3 is 1.69 bits per heavy atom. The summed E-state index contributed by atoms with van der Waals surface area (Å²) in [5.41, 5.74) is 0. The first-order valence-electron chi connectivity index (χ1n) is 11.2. The van der Waals surface area contributed by atoms with Crippen LogP contribution in [0, 0.1) is 0 Å². The second kappa shape index (κ2) is 22.6. The summed E-state index contributed by atoms with van der Waals surface area (Å²) in [5.74, 6) is 0.549. The van der Waals surface area contributed by atoms with Crippen LogP contribution in [0.3, 0.4) is 0 Å². The summed E-state index contributed by atoms with van der Waals surface area (Å²) in [7, 11) is 0. The van der Waals surface area contributed by atoms with Crippen LogP contribution in [0.1, 0.15) is 116 Å². The molecule has 0 bridgehead atoms. The van der Waals surface area contributed by atoms with E-state index < -0.39 is 0 Å². The normalized spacial score (nSPS) is 11.3. The second-order valence-corrected chi connectivity index (χ2v) is 7.79. The molecule has 154 valence electrons. The summed E-state index contributed by atoms with van der Waals surface area (Å²) in [4.78, 5) is 11.3. The summed E-state index contributed by atoms with van der Waals surface area (Å²) in [6, 6.07) is 0. The summed E-state index contributed by atoms with van der Waals surface area (Å²) in [6.45, 7) is 2.70. The molecule has 0 rings (SSSR count). The molecule has 0 spiro atoms. The molecule has 0 saturated heterocycles. The van der Waals surface area contributed by atoms with Crippen molar-refractivity contribution >= 4 is 18.6 Å². The second-order valence-electron chi connectivity index (χ2n) is 7.34. The highest BCUT2D eigenvalue weighted by molar-refractivity contribution is 7.80. The first kappa shape index (κ1) is 25.6. The van der Waals surface area contributed by atoms with Crippen LogP contribution in [0.2, 0.25) is 0 Å². The standard InChI is InChI=1S/C23H44O2S/c1-2-3-4-5-6-7-8-9-10-11-12-13-14-15-16-17-18-19-20-23(24)25-21-22-26/h6-7,26H,2-5,8-22H2,1H3/b7-6+. The molecule has 0 unspecified atom stereocenters. The van der Waals surface area contributed by atoms with E-state index in [0.717, 1.165) is 12.8 Å². The van der Waals surface area contributed by atoms with Gasteiger partial charge in [0, 0.05) is 12.2 Å². The molecule has 0 fully saturated rings. The van der Waals surface area contributed by atoms with E-state index in [-0.39, 0.29) is 5.97 Å². The highest BCUT2D eigenvalue weighted by atomic mass is 32.1. The number of allylic oxidation sites excluding steroid dienone is 2. The number of esters is 1. The van der Waals surface area contributed by atoms with Gasteiger partial charge in [0.25, 0.3) is 0 Å². The number of ether oxygens (including phenoxy) is 1. The van der Waals surface area contributed by atoms with Crippen molar-refractivity contribution in [1.82, 2.24) is 0 Å². The molecule has 3 heteroatoms. The minimum atomic E-state index is -0.0639. The van der Waals surface area contributed by atoms with Gasteiger partial charge in [-0.05, 0) is 32.1 Å². The van der Waals surface area contributed by atoms with Crippen LogP contribution < -0.4 is 0 Å². The lowest BCUT2D eigenvalue weighted by atomic mass is 10.0. The fourth-order valence-corrected chi connectivity index (χ4v) is 3.19. The van der Waals surface area contributed by atoms with E-state index in [1.165, 1.54) is 89.9 Å². The third-order valence-electron chi connectivity index (χ3n) is 4.75. The van der Waals surface area contributed by atoms with Crippen molar-refractivity contribution in [2.24, 2.45) is 0 Å². The van der Waals surface area contributed by atoms with E-state index in [2.05, 4.69) is 31.7 Å². The summed E-state index contributed by atoms with van der Waals surface area (Å²) < 4.78 is 5.01. The maximum Gasteiger partial charge on any atom is 0.305 e. The average Bonchev–Trinajstić information content (AvgIpc) is 2.65. The van der Waals surface area contributed by atoms with Crippen molar-refractivity contribution < 1.29 is 9.53 Å². The number of thiol groups is 1. The molecule has 0 aliphatic heterocycles. The predicted octanol–water partition coefficient (Wildman–Crippen LogP) is 7.67. The Balaban J connectivity index is 3.10. The van der Waals surface area contributed by atoms with Crippen LogP contribution in [-0.4, -0.2) is 18.3 Å². The SMILES string of the molecule is CCCCC/C=C/CCCCCCCCCCCCCC(=O)OCCS. The van der Waals surface area contributed by atoms with Gasteiger partial charge in [0.2, 0.25) is 0 Å². The van der Waals surface area contributed by atoms with Crippen LogP contribution in [0.4, 0.5) is 0 Å². The molecule has 0 radical (unpaired) electrons. The number of hydrogen-bond acceptors (Lipinski definition) is 3. The van der Waals surface area contributed by atoms with Gasteiger partial charge in [0.15, 0.2) is 0 Å². The molecule has 0 aromatic carbocycles. The zero-order chi connectivity index (χ0) is 19.1. The van der Waals surface area contributed by atoms with E-state index in [1.54, 1.807) is 0 Å². The molecule has 0 amide bonds. The zero-order valence-corrected chi connectivity index (χ0v) is 18.2. The van der Waals surface area contributed by atoms with Crippen LogP contribution in [0.15, 0.2) is 12.2 Å². The Hall–Kier alpha value is -0.440. The first-order chi connectivity index (χ1) is 12.8. The fraction of sp³-hybridized carbons (Fsp3) is 0.870.